The highest BCUT2D eigenvalue weighted by Gasteiger charge is 2.06. The van der Waals surface area contributed by atoms with Crippen molar-refractivity contribution < 1.29 is 19.4 Å². The molecule has 0 fully saturated rings. The number of fused-ring (bicyclic) bond motifs is 1. The van der Waals surface area contributed by atoms with Crippen molar-refractivity contribution in [1.29, 1.82) is 0 Å². The standard InChI is InChI=1S/C18H19N3O2S.C2H4O2/c1-13(15-5-3-4-8-19-15)20-12-18-21-16-7-6-14(11-17(16)24-18)23-10-9-22-2;1-2(3)4/h3-8,11H,9-10,12H2,1-2H3;1H3,(H,3,4). The summed E-state index contributed by atoms with van der Waals surface area (Å²) in [5.74, 6) is 0.00270. The Bertz CT molecular complexity index is 922. The van der Waals surface area contributed by atoms with Crippen LogP contribution in [0.5, 0.6) is 5.75 Å². The molecule has 148 valence electrons. The fourth-order valence-corrected chi connectivity index (χ4v) is 3.12. The minimum atomic E-state index is -0.833. The predicted molar refractivity (Wildman–Crippen MR) is 110 cm³/mol. The summed E-state index contributed by atoms with van der Waals surface area (Å²) in [4.78, 5) is 22.5. The average molecular weight is 401 g/mol. The molecule has 1 N–H and O–H groups in total. The van der Waals surface area contributed by atoms with E-state index in [1.165, 1.54) is 0 Å². The zero-order valence-corrected chi connectivity index (χ0v) is 16.9. The molecule has 2 aromatic heterocycles. The number of nitrogens with zero attached hydrogens (tertiary/aromatic N) is 3. The van der Waals surface area contributed by atoms with Gasteiger partial charge in [0.05, 0.1) is 34.8 Å². The second-order valence-electron chi connectivity index (χ2n) is 5.71. The van der Waals surface area contributed by atoms with Crippen molar-refractivity contribution in [2.24, 2.45) is 4.99 Å². The van der Waals surface area contributed by atoms with E-state index in [2.05, 4.69) is 15.0 Å². The molecule has 0 aliphatic carbocycles. The highest BCUT2D eigenvalue weighted by Crippen LogP contribution is 2.27. The zero-order chi connectivity index (χ0) is 20.4. The van der Waals surface area contributed by atoms with Gasteiger partial charge in [0, 0.05) is 20.2 Å². The van der Waals surface area contributed by atoms with Crippen LogP contribution in [0.3, 0.4) is 0 Å². The number of benzene rings is 1. The number of hydrogen-bond donors (Lipinski definition) is 1. The molecule has 0 spiro atoms. The van der Waals surface area contributed by atoms with Crippen LogP contribution in [0.1, 0.15) is 24.5 Å². The molecule has 0 atom stereocenters. The second kappa shape index (κ2) is 11.1. The van der Waals surface area contributed by atoms with E-state index in [-0.39, 0.29) is 0 Å². The zero-order valence-electron chi connectivity index (χ0n) is 16.1. The van der Waals surface area contributed by atoms with Crippen LogP contribution in [-0.2, 0) is 16.1 Å². The number of carboxylic acids is 1. The van der Waals surface area contributed by atoms with Crippen LogP contribution >= 0.6 is 11.3 Å². The Morgan fingerprint density at radius 2 is 2.00 bits per heavy atom. The molecule has 7 nitrogen and oxygen atoms in total. The van der Waals surface area contributed by atoms with E-state index in [9.17, 15) is 0 Å². The van der Waals surface area contributed by atoms with Crippen LogP contribution in [0.4, 0.5) is 0 Å². The first-order valence-electron chi connectivity index (χ1n) is 8.62. The maximum atomic E-state index is 9.00. The molecule has 2 heterocycles. The van der Waals surface area contributed by atoms with Gasteiger partial charge in [-0.3, -0.25) is 14.8 Å². The third-order valence-corrected chi connectivity index (χ3v) is 4.45. The molecule has 0 unspecified atom stereocenters. The lowest BCUT2D eigenvalue weighted by molar-refractivity contribution is -0.134. The minimum Gasteiger partial charge on any atom is -0.491 e. The molecule has 28 heavy (non-hydrogen) atoms. The van der Waals surface area contributed by atoms with Crippen LogP contribution in [0.25, 0.3) is 10.2 Å². The summed E-state index contributed by atoms with van der Waals surface area (Å²) in [7, 11) is 1.66. The first-order chi connectivity index (χ1) is 13.5. The Hall–Kier alpha value is -2.84. The number of methoxy groups -OCH3 is 1. The molecular formula is C20H23N3O4S. The summed E-state index contributed by atoms with van der Waals surface area (Å²) < 4.78 is 11.7. The summed E-state index contributed by atoms with van der Waals surface area (Å²) in [5, 5.41) is 8.40. The normalized spacial score (nSPS) is 11.0. The largest absolute Gasteiger partial charge is 0.491 e. The summed E-state index contributed by atoms with van der Waals surface area (Å²) in [5.41, 5.74) is 2.78. The van der Waals surface area contributed by atoms with Crippen molar-refractivity contribution in [2.45, 2.75) is 20.4 Å². The third kappa shape index (κ3) is 7.05. The van der Waals surface area contributed by atoms with E-state index >= 15 is 0 Å². The van der Waals surface area contributed by atoms with Crippen molar-refractivity contribution in [3.63, 3.8) is 0 Å². The van der Waals surface area contributed by atoms with Crippen LogP contribution in [0.15, 0.2) is 47.6 Å². The fraction of sp³-hybridized carbons (Fsp3) is 0.300. The van der Waals surface area contributed by atoms with Crippen LogP contribution in [0, 0.1) is 0 Å². The lowest BCUT2D eigenvalue weighted by Gasteiger charge is -2.04. The Balaban J connectivity index is 0.000000640. The van der Waals surface area contributed by atoms with E-state index in [4.69, 9.17) is 19.4 Å². The van der Waals surface area contributed by atoms with E-state index < -0.39 is 5.97 Å². The van der Waals surface area contributed by atoms with Crippen LogP contribution < -0.4 is 4.74 Å². The SMILES string of the molecule is CC(=O)O.COCCOc1ccc2nc(CN=C(C)c3ccccn3)sc2c1. The van der Waals surface area contributed by atoms with Crippen LogP contribution in [-0.4, -0.2) is 47.1 Å². The number of aromatic nitrogens is 2. The van der Waals surface area contributed by atoms with Gasteiger partial charge in [-0.2, -0.15) is 0 Å². The van der Waals surface area contributed by atoms with Gasteiger partial charge in [-0.05, 0) is 37.3 Å². The smallest absolute Gasteiger partial charge is 0.300 e. The summed E-state index contributed by atoms with van der Waals surface area (Å²) in [6.07, 6.45) is 1.77. The number of rotatable bonds is 7. The van der Waals surface area contributed by atoms with E-state index in [0.29, 0.717) is 19.8 Å². The molecule has 0 aliphatic rings. The number of aliphatic carboxylic acids is 1. The van der Waals surface area contributed by atoms with Gasteiger partial charge in [-0.15, -0.1) is 11.3 Å². The van der Waals surface area contributed by atoms with Gasteiger partial charge in [0.25, 0.3) is 5.97 Å². The summed E-state index contributed by atoms with van der Waals surface area (Å²) in [6, 6.07) is 11.7. The van der Waals surface area contributed by atoms with Gasteiger partial charge in [-0.25, -0.2) is 4.98 Å². The topological polar surface area (TPSA) is 93.9 Å². The highest BCUT2D eigenvalue weighted by atomic mass is 32.1. The minimum absolute atomic E-state index is 0.543. The fourth-order valence-electron chi connectivity index (χ4n) is 2.20. The van der Waals surface area contributed by atoms with Gasteiger partial charge in [0.15, 0.2) is 0 Å². The van der Waals surface area contributed by atoms with Crippen molar-refractivity contribution >= 4 is 33.2 Å². The Morgan fingerprint density at radius 3 is 2.68 bits per heavy atom. The Labute approximate surface area is 167 Å². The van der Waals surface area contributed by atoms with E-state index in [1.54, 1.807) is 24.6 Å². The first kappa shape index (κ1) is 21.5. The lowest BCUT2D eigenvalue weighted by Crippen LogP contribution is -2.03. The average Bonchev–Trinajstić information content (AvgIpc) is 3.09. The molecule has 0 saturated carbocycles. The van der Waals surface area contributed by atoms with Gasteiger partial charge in [-0.1, -0.05) is 6.07 Å². The molecule has 1 aromatic carbocycles. The molecular weight excluding hydrogens is 378 g/mol. The molecule has 0 bridgehead atoms. The second-order valence-corrected chi connectivity index (χ2v) is 6.83. The quantitative estimate of drug-likeness (QED) is 0.478. The molecule has 3 rings (SSSR count). The molecule has 0 aliphatic heterocycles. The van der Waals surface area contributed by atoms with Gasteiger partial charge >= 0.3 is 0 Å². The molecule has 8 heteroatoms. The maximum absolute atomic E-state index is 9.00. The van der Waals surface area contributed by atoms with Gasteiger partial charge < -0.3 is 14.6 Å². The van der Waals surface area contributed by atoms with E-state index in [1.807, 2.05) is 43.3 Å². The third-order valence-electron chi connectivity index (χ3n) is 3.45. The van der Waals surface area contributed by atoms with Crippen molar-refractivity contribution in [2.75, 3.05) is 20.3 Å². The number of pyridine rings is 1. The molecule has 0 amide bonds. The molecule has 0 radical (unpaired) electrons. The molecule has 0 saturated heterocycles. The van der Waals surface area contributed by atoms with Crippen LogP contribution in [0.2, 0.25) is 0 Å². The van der Waals surface area contributed by atoms with Crippen molar-refractivity contribution in [3.05, 3.63) is 53.3 Å². The number of hydrogen-bond acceptors (Lipinski definition) is 7. The predicted octanol–water partition coefficient (Wildman–Crippen LogP) is 3.82. The molecule has 3 aromatic rings. The van der Waals surface area contributed by atoms with Crippen molar-refractivity contribution in [3.8, 4) is 5.75 Å². The number of ether oxygens (including phenoxy) is 2. The number of carboxylic acid groups (broad SMARTS) is 1. The highest BCUT2D eigenvalue weighted by molar-refractivity contribution is 7.18. The Kier molecular flexibility index (Phi) is 8.51. The monoisotopic (exact) mass is 401 g/mol. The Morgan fingerprint density at radius 1 is 1.21 bits per heavy atom. The lowest BCUT2D eigenvalue weighted by atomic mass is 10.2. The van der Waals surface area contributed by atoms with E-state index in [0.717, 1.165) is 39.3 Å². The number of carbonyl (C=O) groups is 1. The summed E-state index contributed by atoms with van der Waals surface area (Å²) >= 11 is 1.64. The maximum Gasteiger partial charge on any atom is 0.300 e. The van der Waals surface area contributed by atoms with Crippen molar-refractivity contribution in [1.82, 2.24) is 9.97 Å². The number of aliphatic imine (C=N–C) groups is 1. The number of thiazole rings is 1. The van der Waals surface area contributed by atoms with Gasteiger partial charge in [0.2, 0.25) is 0 Å². The van der Waals surface area contributed by atoms with Gasteiger partial charge in [0.1, 0.15) is 17.4 Å². The first-order valence-corrected chi connectivity index (χ1v) is 9.44. The summed E-state index contributed by atoms with van der Waals surface area (Å²) in [6.45, 7) is 4.73.